The highest BCUT2D eigenvalue weighted by Crippen LogP contribution is 2.18. The van der Waals surface area contributed by atoms with Crippen LogP contribution in [0.1, 0.15) is 190 Å². The Kier molecular flexibility index (Phi) is 60.3. The van der Waals surface area contributed by atoms with Crippen LogP contribution < -0.4 is 125 Å². The van der Waals surface area contributed by atoms with Crippen LogP contribution in [-0.2, 0) is 126 Å². The molecule has 0 unspecified atom stereocenters. The lowest BCUT2D eigenvalue weighted by molar-refractivity contribution is -0.143. The van der Waals surface area contributed by atoms with Crippen molar-refractivity contribution in [3.8, 4) is 0 Å². The van der Waals surface area contributed by atoms with Crippen molar-refractivity contribution in [3.63, 3.8) is 0 Å². The van der Waals surface area contributed by atoms with Crippen molar-refractivity contribution in [2.75, 3.05) is 31.7 Å². The van der Waals surface area contributed by atoms with Gasteiger partial charge in [0.1, 0.15) is 109 Å². The third-order valence-electron chi connectivity index (χ3n) is 22.8. The minimum absolute atomic E-state index is 0.00675. The highest BCUT2D eigenvalue weighted by Gasteiger charge is 2.43. The average molecular weight is 2130 g/mol. The molecule has 0 aliphatic carbocycles. The molecule has 0 fully saturated rings. The first kappa shape index (κ1) is 131. The van der Waals surface area contributed by atoms with E-state index < -0.39 is 364 Å². The van der Waals surface area contributed by atoms with Gasteiger partial charge < -0.3 is 171 Å². The molecule has 59 heteroatoms. The molecular weight excluding hydrogens is 1980 g/mol. The Balaban J connectivity index is 3.70. The van der Waals surface area contributed by atoms with Gasteiger partial charge in [-0.15, -0.1) is 0 Å². The standard InChI is InChI=1S/C89H144N24O34S/c1-11-41(5)68(112-81(139)56(37-60(92)118)107-83(141)66(93)44(8)115)85(143)102-47(21-16-17-32-90)75(133)113-70(45(9)116)87(145)103-49(24-28-62(121)122)72(130)99-51(26-30-64(125)126)77(135)111-69(42(6)12-2)86(144)109-58(39-114)82(140)100-50(25-29-63(123)124)76(134)110-67(40(3)4)84(142)108-55(36-59(91)117)80(138)101-52(31-34-148-10)74(132)106-57(38-65(127)128)78(136)97-43(7)71(129)98-48(23-27-61(119)120)73(131)105-54(35-46-19-14-13-15-20-46)79(137)104-53(88(146)147)22-18-33-96-89(94)95/h13-15,19-20,40-45,47-58,66-70,114-116H,11-12,16-18,21-39,90,93H2,1-10H3,(H2,91,117)(H2,92,118)(H,97,136)(H,98,129)(H,99,130)(H,100,140)(H,101,138)(H,102,143)(H,103,145)(H,104,137)(H,105,131)(H,106,132)(H,107,141)(H,108,142)(H,109,144)(H,110,134)(H,111,135)(H,112,139)(H,113,133)(H,119,120)(H,121,122)(H,123,124)(H,125,126)(H,127,128)(H,146,147)(H4,94,95,96)/t41-,42-,43-,44+,45+,47-,48-,49-,50-,51-,52-,53-,54-,55-,56-,57-,58-,66-,67-,68-,69-,70-/m0/s1. The summed E-state index contributed by atoms with van der Waals surface area (Å²) in [5, 5.41) is 129. The maximum absolute atomic E-state index is 14.5. The van der Waals surface area contributed by atoms with Gasteiger partial charge in [0.05, 0.1) is 38.1 Å². The molecule has 148 heavy (non-hydrogen) atoms. The minimum atomic E-state index is -2.14. The molecule has 58 nitrogen and oxygen atoms in total. The summed E-state index contributed by atoms with van der Waals surface area (Å²) in [6.45, 7) is 10.6. The molecule has 1 aromatic carbocycles. The number of hydrogen-bond acceptors (Lipinski definition) is 32. The number of amides is 19. The Labute approximate surface area is 854 Å². The molecule has 0 saturated heterocycles. The summed E-state index contributed by atoms with van der Waals surface area (Å²) in [4.78, 5) is 341. The number of hydrogen-bond donors (Lipinski definition) is 32. The number of nitrogens with one attached hydrogen (secondary N) is 17. The Morgan fingerprint density at radius 1 is 0.338 bits per heavy atom. The Hall–Kier alpha value is -14.6. The Bertz CT molecular complexity index is 4760. The second-order valence-electron chi connectivity index (χ2n) is 35.3. The zero-order chi connectivity index (χ0) is 113. The van der Waals surface area contributed by atoms with Gasteiger partial charge in [-0.1, -0.05) is 84.7 Å². The van der Waals surface area contributed by atoms with Crippen LogP contribution in [0, 0.1) is 17.8 Å². The lowest BCUT2D eigenvalue weighted by Gasteiger charge is -2.30. The highest BCUT2D eigenvalue weighted by atomic mass is 32.2. The summed E-state index contributed by atoms with van der Waals surface area (Å²) in [6, 6.07) is -25.2. The van der Waals surface area contributed by atoms with E-state index in [2.05, 4.69) is 95.4 Å². The van der Waals surface area contributed by atoms with E-state index in [9.17, 15) is 166 Å². The summed E-state index contributed by atoms with van der Waals surface area (Å²) >= 11 is 1.09. The van der Waals surface area contributed by atoms with E-state index >= 15 is 0 Å². The van der Waals surface area contributed by atoms with Crippen molar-refractivity contribution in [2.24, 2.45) is 57.1 Å². The first-order valence-corrected chi connectivity index (χ1v) is 48.7. The number of carbonyl (C=O) groups excluding carboxylic acids is 19. The van der Waals surface area contributed by atoms with E-state index in [4.69, 9.17) is 34.4 Å². The van der Waals surface area contributed by atoms with Crippen LogP contribution in [0.5, 0.6) is 0 Å². The van der Waals surface area contributed by atoms with Crippen molar-refractivity contribution in [1.82, 2.24) is 90.4 Å². The van der Waals surface area contributed by atoms with Crippen molar-refractivity contribution in [2.45, 2.75) is 312 Å². The van der Waals surface area contributed by atoms with Crippen LogP contribution in [0.15, 0.2) is 35.3 Å². The smallest absolute Gasteiger partial charge is 0.326 e. The second kappa shape index (κ2) is 68.0. The fourth-order valence-electron chi connectivity index (χ4n) is 13.8. The fourth-order valence-corrected chi connectivity index (χ4v) is 14.3. The average Bonchev–Trinajstić information content (AvgIpc) is 0.842. The van der Waals surface area contributed by atoms with E-state index in [1.54, 1.807) is 43.5 Å². The zero-order valence-electron chi connectivity index (χ0n) is 83.7. The van der Waals surface area contributed by atoms with Crippen LogP contribution in [0.4, 0.5) is 0 Å². The maximum Gasteiger partial charge on any atom is 0.326 e. The number of nitrogens with zero attached hydrogens (tertiary/aromatic N) is 1. The van der Waals surface area contributed by atoms with Gasteiger partial charge in [0.25, 0.3) is 0 Å². The Morgan fingerprint density at radius 3 is 1.04 bits per heavy atom. The molecule has 0 bridgehead atoms. The van der Waals surface area contributed by atoms with Crippen LogP contribution in [0.2, 0.25) is 0 Å². The van der Waals surface area contributed by atoms with Crippen LogP contribution in [0.25, 0.3) is 0 Å². The van der Waals surface area contributed by atoms with E-state index in [0.29, 0.717) is 5.56 Å². The van der Waals surface area contributed by atoms with Gasteiger partial charge in [-0.25, -0.2) is 4.79 Å². The molecule has 0 spiro atoms. The summed E-state index contributed by atoms with van der Waals surface area (Å²) in [5.74, 6) is -36.3. The molecule has 19 amide bonds. The van der Waals surface area contributed by atoms with Gasteiger partial charge in [0.2, 0.25) is 112 Å². The maximum atomic E-state index is 14.5. The number of carboxylic acids is 6. The first-order valence-electron chi connectivity index (χ1n) is 47.3. The van der Waals surface area contributed by atoms with E-state index in [1.807, 2.05) is 0 Å². The van der Waals surface area contributed by atoms with Crippen molar-refractivity contribution >= 4 is 166 Å². The SMILES string of the molecule is CC[C@H](C)[C@H](NC(=O)[C@H](CCC(=O)O)NC(=O)[C@H](CCC(=O)O)NC(=O)[C@@H](NC(=O)[C@H](CCCCN)NC(=O)[C@@H](NC(=O)[C@H](CC(N)=O)NC(=O)[C@@H](N)[C@@H](C)O)[C@@H](C)CC)[C@@H](C)O)C(=O)N[C@@H](CO)C(=O)N[C@@H](CCC(=O)O)C(=O)N[C@H](C(=O)N[C@@H](CC(N)=O)C(=O)N[C@@H](CCSC)C(=O)N[C@@H](CC(=O)O)C(=O)N[C@@H](C)C(=O)N[C@@H](CCC(=O)O)C(=O)N[C@@H](Cc1ccccc1)C(=O)N[C@@H](CCCN=C(N)N)C(=O)O)C(C)C. The fraction of sp³-hybridized carbons (Fsp3) is 0.640. The molecule has 0 radical (unpaired) electrons. The van der Waals surface area contributed by atoms with Crippen LogP contribution in [-0.4, -0.2) is 353 Å². The largest absolute Gasteiger partial charge is 0.481 e. The number of nitrogens with two attached hydrogens (primary N) is 6. The molecule has 0 aliphatic rings. The minimum Gasteiger partial charge on any atom is -0.481 e. The van der Waals surface area contributed by atoms with Crippen LogP contribution >= 0.6 is 11.8 Å². The monoisotopic (exact) mass is 2120 g/mol. The van der Waals surface area contributed by atoms with E-state index in [-0.39, 0.29) is 82.6 Å². The summed E-state index contributed by atoms with van der Waals surface area (Å²) in [6.07, 6.45) is -12.0. The molecule has 38 N–H and O–H groups in total. The second-order valence-corrected chi connectivity index (χ2v) is 36.3. The van der Waals surface area contributed by atoms with Crippen LogP contribution in [0.3, 0.4) is 0 Å². The zero-order valence-corrected chi connectivity index (χ0v) is 84.5. The van der Waals surface area contributed by atoms with Gasteiger partial charge in [0.15, 0.2) is 5.96 Å². The normalized spacial score (nSPS) is 15.5. The number of aliphatic carboxylic acids is 6. The van der Waals surface area contributed by atoms with E-state index in [1.165, 1.54) is 41.5 Å². The number of rotatable bonds is 74. The number of aliphatic imine (C=N–C) groups is 1. The number of primary amides is 2. The number of benzene rings is 1. The summed E-state index contributed by atoms with van der Waals surface area (Å²) in [7, 11) is 0. The van der Waals surface area contributed by atoms with E-state index in [0.717, 1.165) is 25.6 Å². The first-order chi connectivity index (χ1) is 69.3. The molecule has 830 valence electrons. The molecule has 0 aliphatic heterocycles. The van der Waals surface area contributed by atoms with Gasteiger partial charge in [-0.3, -0.25) is 120 Å². The number of unbranched alkanes of at least 4 members (excludes halogenated alkanes) is 1. The van der Waals surface area contributed by atoms with Gasteiger partial charge in [-0.2, -0.15) is 11.8 Å². The highest BCUT2D eigenvalue weighted by molar-refractivity contribution is 7.98. The van der Waals surface area contributed by atoms with Crippen molar-refractivity contribution in [1.29, 1.82) is 0 Å². The number of carboxylic acid groups (broad SMARTS) is 6. The number of carbonyl (C=O) groups is 25. The van der Waals surface area contributed by atoms with Gasteiger partial charge in [0, 0.05) is 38.6 Å². The predicted octanol–water partition coefficient (Wildman–Crippen LogP) is -11.0. The molecule has 0 aromatic heterocycles. The quantitative estimate of drug-likeness (QED) is 0.0164. The molecule has 22 atom stereocenters. The van der Waals surface area contributed by atoms with Crippen molar-refractivity contribution in [3.05, 3.63) is 35.9 Å². The molecule has 0 heterocycles. The molecular formula is C89H144N24O34S. The third kappa shape index (κ3) is 50.0. The number of aliphatic hydroxyl groups is 3. The summed E-state index contributed by atoms with van der Waals surface area (Å²) < 4.78 is 0. The predicted molar refractivity (Wildman–Crippen MR) is 522 cm³/mol. The van der Waals surface area contributed by atoms with Crippen molar-refractivity contribution < 1.29 is 166 Å². The number of guanidine groups is 1. The lowest BCUT2D eigenvalue weighted by atomic mass is 9.96. The molecule has 1 rings (SSSR count). The Morgan fingerprint density at radius 2 is 0.655 bits per heavy atom. The topological polar surface area (TPSA) is 982 Å². The van der Waals surface area contributed by atoms with Gasteiger partial charge in [-0.05, 0) is 127 Å². The lowest BCUT2D eigenvalue weighted by Crippen LogP contribution is -2.63. The van der Waals surface area contributed by atoms with Gasteiger partial charge >= 0.3 is 35.8 Å². The summed E-state index contributed by atoms with van der Waals surface area (Å²) in [5.41, 5.74) is 33.5. The number of aliphatic hydroxyl groups excluding tert-OH is 3. The molecule has 0 saturated carbocycles. The third-order valence-corrected chi connectivity index (χ3v) is 23.4. The molecule has 1 aromatic rings. The number of thioether (sulfide) groups is 1.